The van der Waals surface area contributed by atoms with Gasteiger partial charge in [0.1, 0.15) is 5.82 Å². The molecule has 0 unspecified atom stereocenters. The number of benzene rings is 2. The topological polar surface area (TPSA) is 46.9 Å². The summed E-state index contributed by atoms with van der Waals surface area (Å²) in [6, 6.07) is 15.2. The molecule has 0 saturated heterocycles. The van der Waals surface area contributed by atoms with E-state index >= 15 is 0 Å². The van der Waals surface area contributed by atoms with Gasteiger partial charge in [0.05, 0.1) is 21.6 Å². The van der Waals surface area contributed by atoms with Crippen LogP contribution in [-0.2, 0) is 13.0 Å². The van der Waals surface area contributed by atoms with Gasteiger partial charge in [0.25, 0.3) is 5.91 Å². The number of rotatable bonds is 6. The van der Waals surface area contributed by atoms with Crippen LogP contribution in [0.4, 0.5) is 0 Å². The second kappa shape index (κ2) is 7.49. The first-order chi connectivity index (χ1) is 11.7. The molecular formula is C19H20ClN3O. The lowest BCUT2D eigenvalue weighted by Gasteiger charge is -2.08. The summed E-state index contributed by atoms with van der Waals surface area (Å²) in [6.45, 7) is 3.61. The summed E-state index contributed by atoms with van der Waals surface area (Å²) >= 11 is 6.04. The number of imidazole rings is 1. The van der Waals surface area contributed by atoms with Crippen molar-refractivity contribution in [1.82, 2.24) is 14.9 Å². The highest BCUT2D eigenvalue weighted by atomic mass is 35.5. The fourth-order valence-electron chi connectivity index (χ4n) is 2.86. The van der Waals surface area contributed by atoms with Crippen molar-refractivity contribution in [3.63, 3.8) is 0 Å². The molecule has 4 nitrogen and oxygen atoms in total. The maximum atomic E-state index is 12.1. The molecule has 0 radical (unpaired) electrons. The summed E-state index contributed by atoms with van der Waals surface area (Å²) in [5.74, 6) is 0.926. The Labute approximate surface area is 146 Å². The minimum absolute atomic E-state index is 0.135. The second-order valence-electron chi connectivity index (χ2n) is 5.60. The molecule has 3 rings (SSSR count). The van der Waals surface area contributed by atoms with Gasteiger partial charge in [-0.3, -0.25) is 4.79 Å². The van der Waals surface area contributed by atoms with E-state index in [1.165, 1.54) is 0 Å². The molecule has 0 aliphatic rings. The minimum Gasteiger partial charge on any atom is -0.352 e. The highest BCUT2D eigenvalue weighted by Crippen LogP contribution is 2.17. The molecule has 0 bridgehead atoms. The summed E-state index contributed by atoms with van der Waals surface area (Å²) < 4.78 is 2.23. The fraction of sp³-hybridized carbons (Fsp3) is 0.263. The Morgan fingerprint density at radius 1 is 1.17 bits per heavy atom. The Morgan fingerprint density at radius 3 is 2.71 bits per heavy atom. The van der Waals surface area contributed by atoms with Gasteiger partial charge in [0, 0.05) is 19.5 Å². The molecule has 124 valence electrons. The molecule has 0 aliphatic heterocycles. The van der Waals surface area contributed by atoms with Gasteiger partial charge >= 0.3 is 0 Å². The molecule has 1 aromatic heterocycles. The van der Waals surface area contributed by atoms with E-state index in [9.17, 15) is 4.79 Å². The van der Waals surface area contributed by atoms with Crippen molar-refractivity contribution in [1.29, 1.82) is 0 Å². The molecule has 1 N–H and O–H groups in total. The van der Waals surface area contributed by atoms with E-state index in [1.807, 2.05) is 30.3 Å². The number of nitrogens with one attached hydrogen (secondary N) is 1. The summed E-state index contributed by atoms with van der Waals surface area (Å²) in [5, 5.41) is 3.40. The van der Waals surface area contributed by atoms with Crippen molar-refractivity contribution in [2.75, 3.05) is 6.54 Å². The predicted molar refractivity (Wildman–Crippen MR) is 97.5 cm³/mol. The molecule has 24 heavy (non-hydrogen) atoms. The molecule has 0 fully saturated rings. The molecule has 1 amide bonds. The zero-order valence-electron chi connectivity index (χ0n) is 13.6. The number of hydrogen-bond donors (Lipinski definition) is 1. The molecule has 5 heteroatoms. The van der Waals surface area contributed by atoms with Crippen LogP contribution < -0.4 is 5.32 Å². The normalized spacial score (nSPS) is 10.9. The first-order valence-corrected chi connectivity index (χ1v) is 8.55. The van der Waals surface area contributed by atoms with Gasteiger partial charge in [-0.1, -0.05) is 35.9 Å². The molecule has 0 saturated carbocycles. The summed E-state index contributed by atoms with van der Waals surface area (Å²) in [5.41, 5.74) is 2.70. The number of carbonyl (C=O) groups is 1. The highest BCUT2D eigenvalue weighted by Gasteiger charge is 2.10. The van der Waals surface area contributed by atoms with Crippen LogP contribution in [0, 0.1) is 0 Å². The zero-order chi connectivity index (χ0) is 16.9. The maximum absolute atomic E-state index is 12.1. The Hall–Kier alpha value is -2.33. The quantitative estimate of drug-likeness (QED) is 0.687. The Kier molecular flexibility index (Phi) is 5.16. The lowest BCUT2D eigenvalue weighted by molar-refractivity contribution is 0.0953. The summed E-state index contributed by atoms with van der Waals surface area (Å²) in [4.78, 5) is 16.8. The van der Waals surface area contributed by atoms with Gasteiger partial charge in [0.2, 0.25) is 0 Å². The lowest BCUT2D eigenvalue weighted by Crippen LogP contribution is -2.25. The third kappa shape index (κ3) is 3.44. The van der Waals surface area contributed by atoms with Crippen LogP contribution in [0.1, 0.15) is 29.5 Å². The van der Waals surface area contributed by atoms with Crippen LogP contribution in [0.15, 0.2) is 48.5 Å². The zero-order valence-corrected chi connectivity index (χ0v) is 14.4. The van der Waals surface area contributed by atoms with Gasteiger partial charge in [0.15, 0.2) is 0 Å². The van der Waals surface area contributed by atoms with Gasteiger partial charge in [-0.2, -0.15) is 0 Å². The maximum Gasteiger partial charge on any atom is 0.252 e. The van der Waals surface area contributed by atoms with E-state index in [1.54, 1.807) is 12.1 Å². The number of hydrogen-bond acceptors (Lipinski definition) is 2. The van der Waals surface area contributed by atoms with Crippen LogP contribution >= 0.6 is 11.6 Å². The average molecular weight is 342 g/mol. The standard InChI is InChI=1S/C19H20ClN3O/c1-2-23-17-11-6-5-10-16(17)22-18(23)12-7-13-21-19(24)14-8-3-4-9-15(14)20/h3-6,8-11H,2,7,12-13H2,1H3,(H,21,24). The number of nitrogens with zero attached hydrogens (tertiary/aromatic N) is 2. The monoisotopic (exact) mass is 341 g/mol. The van der Waals surface area contributed by atoms with Crippen molar-refractivity contribution in [2.45, 2.75) is 26.3 Å². The molecule has 0 aliphatic carbocycles. The Bertz CT molecular complexity index is 857. The molecule has 1 heterocycles. The number of para-hydroxylation sites is 2. The highest BCUT2D eigenvalue weighted by molar-refractivity contribution is 6.33. The third-order valence-corrected chi connectivity index (χ3v) is 4.36. The van der Waals surface area contributed by atoms with Crippen LogP contribution in [0.25, 0.3) is 11.0 Å². The van der Waals surface area contributed by atoms with Gasteiger partial charge in [-0.25, -0.2) is 4.98 Å². The summed E-state index contributed by atoms with van der Waals surface area (Å²) in [6.07, 6.45) is 1.66. The van der Waals surface area contributed by atoms with E-state index in [0.29, 0.717) is 17.1 Å². The first-order valence-electron chi connectivity index (χ1n) is 8.17. The Morgan fingerprint density at radius 2 is 1.92 bits per heavy atom. The number of fused-ring (bicyclic) bond motifs is 1. The third-order valence-electron chi connectivity index (χ3n) is 4.03. The molecule has 0 spiro atoms. The number of halogens is 1. The number of carbonyl (C=O) groups excluding carboxylic acids is 1. The van der Waals surface area contributed by atoms with Crippen molar-refractivity contribution < 1.29 is 4.79 Å². The summed E-state index contributed by atoms with van der Waals surface area (Å²) in [7, 11) is 0. The fourth-order valence-corrected chi connectivity index (χ4v) is 3.08. The van der Waals surface area contributed by atoms with E-state index < -0.39 is 0 Å². The van der Waals surface area contributed by atoms with Crippen LogP contribution in [0.5, 0.6) is 0 Å². The molecule has 0 atom stereocenters. The lowest BCUT2D eigenvalue weighted by atomic mass is 10.2. The van der Waals surface area contributed by atoms with E-state index in [2.05, 4.69) is 22.9 Å². The van der Waals surface area contributed by atoms with Crippen molar-refractivity contribution in [2.24, 2.45) is 0 Å². The largest absolute Gasteiger partial charge is 0.352 e. The van der Waals surface area contributed by atoms with E-state index in [0.717, 1.165) is 36.2 Å². The van der Waals surface area contributed by atoms with Crippen molar-refractivity contribution in [3.05, 3.63) is 64.9 Å². The van der Waals surface area contributed by atoms with Gasteiger partial charge in [-0.05, 0) is 37.6 Å². The van der Waals surface area contributed by atoms with Gasteiger partial charge < -0.3 is 9.88 Å². The minimum atomic E-state index is -0.135. The second-order valence-corrected chi connectivity index (χ2v) is 6.01. The van der Waals surface area contributed by atoms with E-state index in [4.69, 9.17) is 16.6 Å². The predicted octanol–water partition coefficient (Wildman–Crippen LogP) is 4.07. The first kappa shape index (κ1) is 16.5. The number of amides is 1. The smallest absolute Gasteiger partial charge is 0.252 e. The number of aromatic nitrogens is 2. The SMILES string of the molecule is CCn1c(CCCNC(=O)c2ccccc2Cl)nc2ccccc21. The van der Waals surface area contributed by atoms with Crippen molar-refractivity contribution in [3.8, 4) is 0 Å². The molecule has 2 aromatic carbocycles. The van der Waals surface area contributed by atoms with Crippen LogP contribution in [0.3, 0.4) is 0 Å². The van der Waals surface area contributed by atoms with Crippen LogP contribution in [0.2, 0.25) is 5.02 Å². The molecular weight excluding hydrogens is 322 g/mol. The van der Waals surface area contributed by atoms with Crippen LogP contribution in [-0.4, -0.2) is 22.0 Å². The van der Waals surface area contributed by atoms with E-state index in [-0.39, 0.29) is 5.91 Å². The Balaban J connectivity index is 1.59. The molecule has 3 aromatic rings. The van der Waals surface area contributed by atoms with Crippen molar-refractivity contribution >= 4 is 28.5 Å². The average Bonchev–Trinajstić information content (AvgIpc) is 2.96. The van der Waals surface area contributed by atoms with Gasteiger partial charge in [-0.15, -0.1) is 0 Å². The number of aryl methyl sites for hydroxylation is 2.